The highest BCUT2D eigenvalue weighted by Crippen LogP contribution is 2.42. The number of benzene rings is 7. The van der Waals surface area contributed by atoms with Crippen LogP contribution in [0.4, 0.5) is 0 Å². The monoisotopic (exact) mass is 916 g/mol. The van der Waals surface area contributed by atoms with Gasteiger partial charge in [-0.05, 0) is 182 Å². The third kappa shape index (κ3) is 10.1. The normalized spacial score (nSPS) is 12.5. The fourth-order valence-electron chi connectivity index (χ4n) is 8.86. The molecule has 0 amide bonds. The number of fused-ring (bicyclic) bond motifs is 4. The first-order valence-electron chi connectivity index (χ1n) is 23.3. The Morgan fingerprint density at radius 3 is 1.09 bits per heavy atom. The first kappa shape index (κ1) is 45.9. The number of hydrogen-bond donors (Lipinski definition) is 0. The van der Waals surface area contributed by atoms with Crippen molar-refractivity contribution in [2.75, 3.05) is 0 Å². The molecule has 2 heterocycles. The summed E-state index contributed by atoms with van der Waals surface area (Å²) < 4.78 is 0.860. The van der Waals surface area contributed by atoms with Gasteiger partial charge in [0, 0.05) is 16.8 Å². The van der Waals surface area contributed by atoms with Crippen LogP contribution in [0.3, 0.4) is 0 Å². The van der Waals surface area contributed by atoms with Crippen LogP contribution in [0, 0.1) is 0 Å². The summed E-state index contributed by atoms with van der Waals surface area (Å²) in [5.74, 6) is 0. The molecule has 0 aliphatic rings. The first-order valence-corrected chi connectivity index (χ1v) is 24.1. The lowest BCUT2D eigenvalue weighted by Crippen LogP contribution is -2.11. The molecule has 7 aromatic carbocycles. The molecule has 330 valence electrons. The van der Waals surface area contributed by atoms with E-state index in [9.17, 15) is 0 Å². The van der Waals surface area contributed by atoms with E-state index >= 15 is 0 Å². The van der Waals surface area contributed by atoms with Crippen molar-refractivity contribution in [3.63, 3.8) is 0 Å². The van der Waals surface area contributed by atoms with Crippen molar-refractivity contribution in [3.8, 4) is 22.5 Å². The molecule has 65 heavy (non-hydrogen) atoms. The van der Waals surface area contributed by atoms with Crippen LogP contribution in [0.15, 0.2) is 156 Å². The van der Waals surface area contributed by atoms with Gasteiger partial charge in [-0.3, -0.25) is 4.98 Å². The molecule has 0 N–H and O–H groups in total. The minimum absolute atomic E-state index is 0.0820. The average molecular weight is 918 g/mol. The van der Waals surface area contributed by atoms with Gasteiger partial charge in [-0.15, -0.1) is 0 Å². The smallest absolute Gasteiger partial charge is 0.106 e. The third-order valence-corrected chi connectivity index (χ3v) is 13.4. The number of aryl methyl sites for hydroxylation is 2. The van der Waals surface area contributed by atoms with Gasteiger partial charge in [-0.2, -0.15) is 0 Å². The number of halogens is 1. The summed E-state index contributed by atoms with van der Waals surface area (Å²) in [5, 5.41) is 10.2. The molecule has 0 saturated carbocycles. The van der Waals surface area contributed by atoms with Gasteiger partial charge >= 0.3 is 0 Å². The summed E-state index contributed by atoms with van der Waals surface area (Å²) >= 11 is 3.57. The Hall–Kier alpha value is -5.64. The number of aromatic nitrogens is 2. The third-order valence-electron chi connectivity index (χ3n) is 12.9. The topological polar surface area (TPSA) is 25.8 Å². The van der Waals surface area contributed by atoms with Crippen LogP contribution < -0.4 is 0 Å². The molecule has 0 atom stereocenters. The second-order valence-corrected chi connectivity index (χ2v) is 22.9. The largest absolute Gasteiger partial charge is 0.253 e. The zero-order valence-corrected chi connectivity index (χ0v) is 42.2. The quantitative estimate of drug-likeness (QED) is 0.127. The highest BCUT2D eigenvalue weighted by molar-refractivity contribution is 9.10. The predicted octanol–water partition coefficient (Wildman–Crippen LogP) is 17.8. The van der Waals surface area contributed by atoms with E-state index in [1.165, 1.54) is 82.0 Å². The summed E-state index contributed by atoms with van der Waals surface area (Å²) in [6, 6.07) is 55.7. The molecule has 2 nitrogen and oxygen atoms in total. The van der Waals surface area contributed by atoms with E-state index in [0.29, 0.717) is 0 Å². The molecule has 0 radical (unpaired) electrons. The van der Waals surface area contributed by atoms with E-state index < -0.39 is 0 Å². The summed E-state index contributed by atoms with van der Waals surface area (Å²) in [5.41, 5.74) is 12.8. The van der Waals surface area contributed by atoms with Crippen molar-refractivity contribution in [2.45, 2.75) is 118 Å². The van der Waals surface area contributed by atoms with Crippen molar-refractivity contribution < 1.29 is 0 Å². The predicted molar refractivity (Wildman–Crippen MR) is 286 cm³/mol. The number of rotatable bonds is 5. The molecular formula is C62H65BrN2. The highest BCUT2D eigenvalue weighted by Gasteiger charge is 2.22. The van der Waals surface area contributed by atoms with Gasteiger partial charge in [-0.1, -0.05) is 174 Å². The summed E-state index contributed by atoms with van der Waals surface area (Å²) in [7, 11) is 0. The van der Waals surface area contributed by atoms with Crippen molar-refractivity contribution >= 4 is 59.0 Å². The van der Waals surface area contributed by atoms with Crippen LogP contribution in [0.25, 0.3) is 65.6 Å². The minimum atomic E-state index is 0.0820. The van der Waals surface area contributed by atoms with Gasteiger partial charge in [0.2, 0.25) is 0 Å². The van der Waals surface area contributed by atoms with Gasteiger partial charge in [0.25, 0.3) is 0 Å². The van der Waals surface area contributed by atoms with E-state index in [0.717, 1.165) is 34.5 Å². The molecule has 0 fully saturated rings. The van der Waals surface area contributed by atoms with Gasteiger partial charge in [0.05, 0.1) is 11.4 Å². The Labute approximate surface area is 396 Å². The molecule has 3 heteroatoms. The highest BCUT2D eigenvalue weighted by atomic mass is 79.9. The fourth-order valence-corrected chi connectivity index (χ4v) is 9.20. The minimum Gasteiger partial charge on any atom is -0.253 e. The molecule has 0 aliphatic heterocycles. The van der Waals surface area contributed by atoms with Crippen LogP contribution in [-0.2, 0) is 34.5 Å². The maximum absolute atomic E-state index is 5.24. The second kappa shape index (κ2) is 17.6. The second-order valence-electron chi connectivity index (χ2n) is 22.1. The first-order chi connectivity index (χ1) is 30.6. The molecule has 0 bridgehead atoms. The van der Waals surface area contributed by atoms with Crippen molar-refractivity contribution in [2.24, 2.45) is 0 Å². The van der Waals surface area contributed by atoms with Crippen LogP contribution >= 0.6 is 15.9 Å². The molecule has 9 rings (SSSR count). The lowest BCUT2D eigenvalue weighted by Gasteiger charge is -2.23. The van der Waals surface area contributed by atoms with Crippen molar-refractivity contribution in [3.05, 3.63) is 190 Å². The Balaban J connectivity index is 0.000000181. The summed E-state index contributed by atoms with van der Waals surface area (Å²) in [6.45, 7) is 27.3. The van der Waals surface area contributed by atoms with E-state index in [-0.39, 0.29) is 21.7 Å². The van der Waals surface area contributed by atoms with Gasteiger partial charge < -0.3 is 0 Å². The van der Waals surface area contributed by atoms with E-state index in [1.807, 2.05) is 6.07 Å². The van der Waals surface area contributed by atoms with Crippen LogP contribution in [0.2, 0.25) is 0 Å². The van der Waals surface area contributed by atoms with Crippen LogP contribution in [0.5, 0.6) is 0 Å². The molecular weight excluding hydrogens is 853 g/mol. The van der Waals surface area contributed by atoms with Gasteiger partial charge in [0.15, 0.2) is 0 Å². The molecule has 0 saturated heterocycles. The van der Waals surface area contributed by atoms with Crippen LogP contribution in [-0.4, -0.2) is 9.97 Å². The average Bonchev–Trinajstić information content (AvgIpc) is 3.25. The molecule has 9 aromatic rings. The zero-order chi connectivity index (χ0) is 46.5. The maximum atomic E-state index is 5.24. The summed E-state index contributed by atoms with van der Waals surface area (Å²) in [4.78, 5) is 10.1. The molecule has 0 aliphatic carbocycles. The van der Waals surface area contributed by atoms with E-state index in [2.05, 4.69) is 245 Å². The van der Waals surface area contributed by atoms with Crippen molar-refractivity contribution in [1.82, 2.24) is 9.97 Å². The van der Waals surface area contributed by atoms with Gasteiger partial charge in [-0.25, -0.2) is 4.98 Å². The standard InChI is InChI=1S/C35H37N.C27H28BrN/c1-34(2,3)27-18-16-25-21-26-17-19-28(35(4,5)6)23-31(26)33(30(25)22-27)32-14-10-13-29(36-32)20-15-24-11-8-7-9-12-24;1-26(2,3)19-12-10-17-14-18-11-13-20(27(4,5)6)16-22(18)25(21(17)15-19)23-8-7-9-24(28)29-23/h7-14,16-19,21-23H,15,20H2,1-6H3;7-16H,1-6H3. The van der Waals surface area contributed by atoms with E-state index in [1.54, 1.807) is 0 Å². The molecule has 2 aromatic heterocycles. The SMILES string of the molecule is CC(C)(C)c1ccc2cc3ccc(C(C)(C)C)cc3c(-c3cccc(Br)n3)c2c1.CC(C)(C)c1ccc2cc3ccc(C(C)(C)C)cc3c(-c3cccc(CCc4ccccc4)n3)c2c1. The maximum Gasteiger partial charge on any atom is 0.106 e. The fraction of sp³-hybridized carbons (Fsp3) is 0.290. The zero-order valence-electron chi connectivity index (χ0n) is 40.6. The Kier molecular flexibility index (Phi) is 12.5. The lowest BCUT2D eigenvalue weighted by molar-refractivity contribution is 0.590. The number of hydrogen-bond acceptors (Lipinski definition) is 2. The number of pyridine rings is 2. The Morgan fingerprint density at radius 2 is 0.723 bits per heavy atom. The number of nitrogens with zero attached hydrogens (tertiary/aromatic N) is 2. The van der Waals surface area contributed by atoms with E-state index in [4.69, 9.17) is 9.97 Å². The van der Waals surface area contributed by atoms with Crippen LogP contribution in [0.1, 0.15) is 117 Å². The summed E-state index contributed by atoms with van der Waals surface area (Å²) in [6.07, 6.45) is 1.93. The molecule has 0 unspecified atom stereocenters. The Bertz CT molecular complexity index is 3040. The molecule has 0 spiro atoms. The Morgan fingerprint density at radius 1 is 0.354 bits per heavy atom. The van der Waals surface area contributed by atoms with Crippen molar-refractivity contribution in [1.29, 1.82) is 0 Å². The van der Waals surface area contributed by atoms with Gasteiger partial charge in [0.1, 0.15) is 4.60 Å². The lowest BCUT2D eigenvalue weighted by atomic mass is 9.82.